The fourth-order valence-electron chi connectivity index (χ4n) is 3.20. The molecule has 1 aromatic carbocycles. The molecule has 0 atom stereocenters. The van der Waals surface area contributed by atoms with Crippen molar-refractivity contribution in [1.29, 1.82) is 0 Å². The Hall–Kier alpha value is -2.49. The van der Waals surface area contributed by atoms with E-state index in [0.717, 1.165) is 0 Å². The number of aromatic nitrogens is 1. The molecule has 0 bridgehead atoms. The van der Waals surface area contributed by atoms with Gasteiger partial charge in [-0.15, -0.1) is 10.8 Å². The molecule has 0 fully saturated rings. The van der Waals surface area contributed by atoms with Crippen molar-refractivity contribution in [2.75, 3.05) is 24.2 Å². The summed E-state index contributed by atoms with van der Waals surface area (Å²) in [6.07, 6.45) is 0. The Labute approximate surface area is 163 Å². The molecule has 0 radical (unpaired) electrons. The Morgan fingerprint density at radius 2 is 1.86 bits per heavy atom. The number of anilines is 1. The van der Waals surface area contributed by atoms with E-state index in [1.165, 1.54) is 42.7 Å². The van der Waals surface area contributed by atoms with Gasteiger partial charge >= 0.3 is 5.97 Å². The lowest BCUT2D eigenvalue weighted by molar-refractivity contribution is 0.0599. The Morgan fingerprint density at radius 1 is 1.25 bits per heavy atom. The van der Waals surface area contributed by atoms with E-state index in [2.05, 4.69) is 4.98 Å². The number of benzene rings is 1. The van der Waals surface area contributed by atoms with Gasteiger partial charge in [-0.05, 0) is 23.6 Å². The number of ether oxygens (including phenoxy) is 1. The van der Waals surface area contributed by atoms with Crippen molar-refractivity contribution in [2.24, 2.45) is 0 Å². The number of nitrogens with zero attached hydrogens (tertiary/aromatic N) is 2. The lowest BCUT2D eigenvalue weighted by Crippen LogP contribution is -2.36. The van der Waals surface area contributed by atoms with Gasteiger partial charge in [-0.25, -0.2) is 14.2 Å². The number of methoxy groups -OCH3 is 1. The van der Waals surface area contributed by atoms with Gasteiger partial charge in [0.05, 0.1) is 23.9 Å². The van der Waals surface area contributed by atoms with Crippen molar-refractivity contribution in [3.05, 3.63) is 46.9 Å². The Morgan fingerprint density at radius 3 is 2.39 bits per heavy atom. The smallest absolute Gasteiger partial charge is 0.340 e. The van der Waals surface area contributed by atoms with Crippen LogP contribution in [0, 0.1) is 5.82 Å². The summed E-state index contributed by atoms with van der Waals surface area (Å²) in [5.74, 6) is -2.37. The minimum Gasteiger partial charge on any atom is -0.465 e. The first-order chi connectivity index (χ1) is 13.1. The lowest BCUT2D eigenvalue weighted by atomic mass is 9.89. The average molecular weight is 408 g/mol. The topological polar surface area (TPSA) is 100.0 Å². The van der Waals surface area contributed by atoms with Gasteiger partial charge in [0.1, 0.15) is 11.6 Å². The number of hydrogen-bond acceptors (Lipinski definition) is 7. The van der Waals surface area contributed by atoms with Crippen LogP contribution in [0.5, 0.6) is 0 Å². The van der Waals surface area contributed by atoms with Crippen molar-refractivity contribution in [1.82, 2.24) is 4.98 Å². The van der Waals surface area contributed by atoms with Gasteiger partial charge in [0.2, 0.25) is 0 Å². The highest BCUT2D eigenvalue weighted by Gasteiger charge is 2.39. The summed E-state index contributed by atoms with van der Waals surface area (Å²) >= 11 is 0. The molecule has 1 aliphatic heterocycles. The molecule has 0 saturated heterocycles. The number of halogens is 1. The van der Waals surface area contributed by atoms with Crippen LogP contribution in [-0.4, -0.2) is 45.8 Å². The highest BCUT2D eigenvalue weighted by atomic mass is 32.3. The van der Waals surface area contributed by atoms with Crippen molar-refractivity contribution in [3.63, 3.8) is 0 Å². The normalized spacial score (nSPS) is 16.7. The number of esters is 1. The summed E-state index contributed by atoms with van der Waals surface area (Å²) in [6.45, 7) is 3.64. The predicted molar refractivity (Wildman–Crippen MR) is 106 cm³/mol. The predicted octanol–water partition coefficient (Wildman–Crippen LogP) is 4.10. The second-order valence-electron chi connectivity index (χ2n) is 6.80. The zero-order valence-electron chi connectivity index (χ0n) is 15.9. The van der Waals surface area contributed by atoms with E-state index < -0.39 is 34.1 Å². The standard InChI is InChI=1S/C19H21FN2O5S/c1-10(2)17-16(19(24)27-4)14(11-5-7-12(20)8-6-11)15-13(23)9-28(25,26)22(3)18(15)21-17/h5-8,10,25-26H,9H2,1-4H3. The lowest BCUT2D eigenvalue weighted by Gasteiger charge is -2.45. The minimum absolute atomic E-state index is 0.0759. The van der Waals surface area contributed by atoms with E-state index in [1.807, 2.05) is 13.8 Å². The monoisotopic (exact) mass is 408 g/mol. The van der Waals surface area contributed by atoms with Crippen LogP contribution >= 0.6 is 10.8 Å². The van der Waals surface area contributed by atoms with Crippen molar-refractivity contribution in [3.8, 4) is 11.1 Å². The molecule has 0 unspecified atom stereocenters. The molecule has 2 N–H and O–H groups in total. The maximum absolute atomic E-state index is 13.5. The number of rotatable bonds is 3. The van der Waals surface area contributed by atoms with Gasteiger partial charge in [0.15, 0.2) is 11.6 Å². The quantitative estimate of drug-likeness (QED) is 0.738. The third-order valence-electron chi connectivity index (χ3n) is 4.62. The van der Waals surface area contributed by atoms with E-state index in [4.69, 9.17) is 4.74 Å². The Kier molecular flexibility index (Phi) is 5.18. The summed E-state index contributed by atoms with van der Waals surface area (Å²) in [6, 6.07) is 5.37. The third-order valence-corrected chi connectivity index (χ3v) is 6.32. The zero-order valence-corrected chi connectivity index (χ0v) is 16.7. The fraction of sp³-hybridized carbons (Fsp3) is 0.316. The van der Waals surface area contributed by atoms with Crippen LogP contribution < -0.4 is 4.31 Å². The number of Topliss-reactive ketones (excluding diaryl/α,β-unsaturated/α-hetero) is 1. The van der Waals surface area contributed by atoms with Crippen LogP contribution in [0.25, 0.3) is 11.1 Å². The summed E-state index contributed by atoms with van der Waals surface area (Å²) in [5.41, 5.74) is 1.24. The van der Waals surface area contributed by atoms with Crippen LogP contribution in [0.1, 0.15) is 46.2 Å². The number of fused-ring (bicyclic) bond motifs is 1. The van der Waals surface area contributed by atoms with Gasteiger partial charge in [0, 0.05) is 12.6 Å². The summed E-state index contributed by atoms with van der Waals surface area (Å²) in [5, 5.41) is 0. The molecule has 3 rings (SSSR count). The summed E-state index contributed by atoms with van der Waals surface area (Å²) in [7, 11) is -0.704. The van der Waals surface area contributed by atoms with E-state index in [1.54, 1.807) is 0 Å². The largest absolute Gasteiger partial charge is 0.465 e. The fourth-order valence-corrected chi connectivity index (χ4v) is 4.30. The van der Waals surface area contributed by atoms with E-state index >= 15 is 0 Å². The van der Waals surface area contributed by atoms with Gasteiger partial charge in [-0.2, -0.15) is 0 Å². The second-order valence-corrected chi connectivity index (χ2v) is 8.90. The summed E-state index contributed by atoms with van der Waals surface area (Å²) in [4.78, 5) is 30.0. The molecule has 28 heavy (non-hydrogen) atoms. The number of hydrogen-bond donors (Lipinski definition) is 2. The molecule has 0 aliphatic carbocycles. The Balaban J connectivity index is 2.48. The average Bonchev–Trinajstić information content (AvgIpc) is 2.64. The van der Waals surface area contributed by atoms with Gasteiger partial charge in [0.25, 0.3) is 0 Å². The zero-order chi connectivity index (χ0) is 20.8. The molecule has 1 aromatic heterocycles. The van der Waals surface area contributed by atoms with Crippen LogP contribution in [0.2, 0.25) is 0 Å². The van der Waals surface area contributed by atoms with Gasteiger partial charge < -0.3 is 4.74 Å². The SMILES string of the molecule is COC(=O)c1c(C(C)C)nc2c(c1-c1ccc(F)cc1)C(=O)CS(O)(O)N2C. The molecule has 0 amide bonds. The Bertz CT molecular complexity index is 960. The minimum atomic E-state index is -3.37. The van der Waals surface area contributed by atoms with E-state index in [-0.39, 0.29) is 28.4 Å². The van der Waals surface area contributed by atoms with Crippen LogP contribution in [0.15, 0.2) is 24.3 Å². The molecule has 1 aliphatic rings. The molecule has 2 heterocycles. The molecule has 150 valence electrons. The number of carbonyl (C=O) groups excluding carboxylic acids is 2. The molecule has 0 saturated carbocycles. The number of carbonyl (C=O) groups is 2. The van der Waals surface area contributed by atoms with Gasteiger partial charge in [-0.1, -0.05) is 26.0 Å². The van der Waals surface area contributed by atoms with E-state index in [0.29, 0.717) is 11.3 Å². The highest BCUT2D eigenvalue weighted by molar-refractivity contribution is 8.26. The number of ketones is 1. The first-order valence-corrected chi connectivity index (χ1v) is 10.2. The van der Waals surface area contributed by atoms with Gasteiger partial charge in [-0.3, -0.25) is 18.2 Å². The molecular weight excluding hydrogens is 387 g/mol. The maximum Gasteiger partial charge on any atom is 0.340 e. The van der Waals surface area contributed by atoms with Crippen molar-refractivity contribution in [2.45, 2.75) is 19.8 Å². The van der Waals surface area contributed by atoms with E-state index in [9.17, 15) is 23.1 Å². The first-order valence-electron chi connectivity index (χ1n) is 8.53. The summed E-state index contributed by atoms with van der Waals surface area (Å²) < 4.78 is 40.1. The van der Waals surface area contributed by atoms with Crippen LogP contribution in [0.3, 0.4) is 0 Å². The molecule has 0 spiro atoms. The first kappa shape index (κ1) is 20.2. The highest BCUT2D eigenvalue weighted by Crippen LogP contribution is 2.52. The second kappa shape index (κ2) is 7.16. The molecule has 9 heteroatoms. The van der Waals surface area contributed by atoms with Crippen LogP contribution in [-0.2, 0) is 4.74 Å². The van der Waals surface area contributed by atoms with Crippen molar-refractivity contribution >= 4 is 28.3 Å². The van der Waals surface area contributed by atoms with Crippen LogP contribution in [0.4, 0.5) is 10.2 Å². The molecular formula is C19H21FN2O5S. The number of pyridine rings is 1. The third kappa shape index (κ3) is 3.25. The molecule has 2 aromatic rings. The maximum atomic E-state index is 13.5. The molecule has 7 nitrogen and oxygen atoms in total. The van der Waals surface area contributed by atoms with Crippen molar-refractivity contribution < 1.29 is 27.8 Å².